The van der Waals surface area contributed by atoms with Crippen LogP contribution in [0.4, 0.5) is 10.5 Å². The van der Waals surface area contributed by atoms with Gasteiger partial charge in [0, 0.05) is 37.4 Å². The molecule has 0 saturated carbocycles. The second-order valence-corrected chi connectivity index (χ2v) is 6.20. The summed E-state index contributed by atoms with van der Waals surface area (Å²) in [5.74, 6) is 0.0592. The van der Waals surface area contributed by atoms with Crippen molar-refractivity contribution >= 4 is 17.6 Å². The summed E-state index contributed by atoms with van der Waals surface area (Å²) in [5.41, 5.74) is 1.30. The first-order valence-corrected chi connectivity index (χ1v) is 8.98. The van der Waals surface area contributed by atoms with Crippen molar-refractivity contribution < 1.29 is 9.59 Å². The number of hydrogen-bond donors (Lipinski definition) is 1. The highest BCUT2D eigenvalue weighted by molar-refractivity contribution is 5.95. The van der Waals surface area contributed by atoms with Gasteiger partial charge in [0.25, 0.3) is 5.91 Å². The van der Waals surface area contributed by atoms with E-state index < -0.39 is 0 Å². The van der Waals surface area contributed by atoms with E-state index in [1.165, 1.54) is 12.8 Å². The minimum Gasteiger partial charge on any atom is -0.339 e. The average Bonchev–Trinajstić information content (AvgIpc) is 2.92. The smallest absolute Gasteiger partial charge is 0.321 e. The molecule has 134 valence electrons. The Balaban J connectivity index is 1.95. The fourth-order valence-corrected chi connectivity index (χ4v) is 2.94. The number of hydrogen-bond acceptors (Lipinski definition) is 3. The van der Waals surface area contributed by atoms with Crippen molar-refractivity contribution in [1.29, 1.82) is 5.26 Å². The number of amides is 3. The molecular formula is C19H26N4O2. The number of nitriles is 1. The monoisotopic (exact) mass is 342 g/mol. The molecule has 1 heterocycles. The number of likely N-dealkylation sites (tertiary alicyclic amines) is 1. The third-order valence-corrected chi connectivity index (χ3v) is 4.44. The first kappa shape index (κ1) is 18.8. The van der Waals surface area contributed by atoms with Crippen molar-refractivity contribution in [2.75, 3.05) is 31.5 Å². The Hall–Kier alpha value is -2.55. The molecule has 1 aromatic carbocycles. The molecule has 1 saturated heterocycles. The molecule has 1 aromatic rings. The minimum absolute atomic E-state index is 0.0592. The number of benzene rings is 1. The second-order valence-electron chi connectivity index (χ2n) is 6.20. The average molecular weight is 342 g/mol. The van der Waals surface area contributed by atoms with E-state index in [-0.39, 0.29) is 11.9 Å². The van der Waals surface area contributed by atoms with E-state index in [1.54, 1.807) is 29.2 Å². The predicted molar refractivity (Wildman–Crippen MR) is 97.3 cm³/mol. The molecule has 6 heteroatoms. The maximum Gasteiger partial charge on any atom is 0.321 e. The Labute approximate surface area is 149 Å². The zero-order valence-corrected chi connectivity index (χ0v) is 14.8. The van der Waals surface area contributed by atoms with Crippen LogP contribution in [0.3, 0.4) is 0 Å². The van der Waals surface area contributed by atoms with E-state index >= 15 is 0 Å². The van der Waals surface area contributed by atoms with Crippen LogP contribution in [0.15, 0.2) is 24.3 Å². The van der Waals surface area contributed by atoms with Crippen molar-refractivity contribution in [3.8, 4) is 6.07 Å². The van der Waals surface area contributed by atoms with Gasteiger partial charge < -0.3 is 15.1 Å². The maximum absolute atomic E-state index is 12.6. The standard InChI is InChI=1S/C19H26N4O2/c1-2-22(15-7-12-20)19(25)21-17-10-8-16(9-11-17)18(24)23-13-5-3-4-6-14-23/h8-11H,2-7,13-15H2,1H3,(H,21,25). The van der Waals surface area contributed by atoms with Gasteiger partial charge in [0.1, 0.15) is 0 Å². The zero-order valence-electron chi connectivity index (χ0n) is 14.8. The van der Waals surface area contributed by atoms with E-state index in [0.29, 0.717) is 30.8 Å². The van der Waals surface area contributed by atoms with Gasteiger partial charge in [-0.3, -0.25) is 4.79 Å². The lowest BCUT2D eigenvalue weighted by Gasteiger charge is -2.21. The Morgan fingerprint density at radius 3 is 2.36 bits per heavy atom. The van der Waals surface area contributed by atoms with E-state index in [0.717, 1.165) is 25.9 Å². The summed E-state index contributed by atoms with van der Waals surface area (Å²) in [6, 6.07) is 8.83. The van der Waals surface area contributed by atoms with Gasteiger partial charge in [-0.05, 0) is 44.0 Å². The van der Waals surface area contributed by atoms with Crippen LogP contribution < -0.4 is 5.32 Å². The van der Waals surface area contributed by atoms with E-state index in [1.807, 2.05) is 17.9 Å². The van der Waals surface area contributed by atoms with Gasteiger partial charge >= 0.3 is 6.03 Å². The highest BCUT2D eigenvalue weighted by Gasteiger charge is 2.17. The van der Waals surface area contributed by atoms with Gasteiger partial charge in [-0.2, -0.15) is 5.26 Å². The van der Waals surface area contributed by atoms with Gasteiger partial charge in [0.05, 0.1) is 12.5 Å². The first-order chi connectivity index (χ1) is 12.2. The molecule has 0 radical (unpaired) electrons. The van der Waals surface area contributed by atoms with E-state index in [9.17, 15) is 9.59 Å². The van der Waals surface area contributed by atoms with Crippen LogP contribution in [-0.4, -0.2) is 47.9 Å². The topological polar surface area (TPSA) is 76.4 Å². The molecule has 0 aliphatic carbocycles. The quantitative estimate of drug-likeness (QED) is 0.890. The normalized spacial score (nSPS) is 14.3. The van der Waals surface area contributed by atoms with Crippen molar-refractivity contribution in [2.24, 2.45) is 0 Å². The number of nitrogens with zero attached hydrogens (tertiary/aromatic N) is 3. The SMILES string of the molecule is CCN(CCC#N)C(=O)Nc1ccc(C(=O)N2CCCCCC2)cc1. The molecule has 0 unspecified atom stereocenters. The van der Waals surface area contributed by atoms with Crippen molar-refractivity contribution in [2.45, 2.75) is 39.0 Å². The van der Waals surface area contributed by atoms with Crippen LogP contribution in [-0.2, 0) is 0 Å². The molecule has 0 atom stereocenters. The zero-order chi connectivity index (χ0) is 18.1. The maximum atomic E-state index is 12.6. The second kappa shape index (κ2) is 9.67. The van der Waals surface area contributed by atoms with Crippen LogP contribution in [0.5, 0.6) is 0 Å². The Bertz CT molecular complexity index is 613. The Kier molecular flexibility index (Phi) is 7.27. The lowest BCUT2D eigenvalue weighted by atomic mass is 10.1. The number of anilines is 1. The molecule has 1 aliphatic heterocycles. The summed E-state index contributed by atoms with van der Waals surface area (Å²) in [5, 5.41) is 11.5. The molecule has 3 amide bonds. The Morgan fingerprint density at radius 1 is 1.16 bits per heavy atom. The van der Waals surface area contributed by atoms with Crippen LogP contribution in [0, 0.1) is 11.3 Å². The molecule has 0 bridgehead atoms. The van der Waals surface area contributed by atoms with Crippen molar-refractivity contribution in [1.82, 2.24) is 9.80 Å². The molecule has 0 spiro atoms. The van der Waals surface area contributed by atoms with Crippen molar-refractivity contribution in [3.63, 3.8) is 0 Å². The van der Waals surface area contributed by atoms with Gasteiger partial charge in [-0.1, -0.05) is 12.8 Å². The number of nitrogens with one attached hydrogen (secondary N) is 1. The summed E-state index contributed by atoms with van der Waals surface area (Å²) >= 11 is 0. The molecule has 1 N–H and O–H groups in total. The Morgan fingerprint density at radius 2 is 1.80 bits per heavy atom. The van der Waals surface area contributed by atoms with Crippen LogP contribution in [0.25, 0.3) is 0 Å². The van der Waals surface area contributed by atoms with E-state index in [4.69, 9.17) is 5.26 Å². The fourth-order valence-electron chi connectivity index (χ4n) is 2.94. The number of carbonyl (C=O) groups excluding carboxylic acids is 2. The molecule has 6 nitrogen and oxygen atoms in total. The number of carbonyl (C=O) groups is 2. The van der Waals surface area contributed by atoms with Gasteiger partial charge in [-0.15, -0.1) is 0 Å². The summed E-state index contributed by atoms with van der Waals surface area (Å²) in [7, 11) is 0. The van der Waals surface area contributed by atoms with E-state index in [2.05, 4.69) is 5.32 Å². The fraction of sp³-hybridized carbons (Fsp3) is 0.526. The summed E-state index contributed by atoms with van der Waals surface area (Å²) < 4.78 is 0. The highest BCUT2D eigenvalue weighted by Crippen LogP contribution is 2.16. The third kappa shape index (κ3) is 5.49. The molecule has 25 heavy (non-hydrogen) atoms. The lowest BCUT2D eigenvalue weighted by Crippen LogP contribution is -2.35. The molecule has 1 fully saturated rings. The molecular weight excluding hydrogens is 316 g/mol. The molecule has 2 rings (SSSR count). The third-order valence-electron chi connectivity index (χ3n) is 4.44. The van der Waals surface area contributed by atoms with Crippen LogP contribution in [0.1, 0.15) is 49.4 Å². The lowest BCUT2D eigenvalue weighted by molar-refractivity contribution is 0.0761. The summed E-state index contributed by atoms with van der Waals surface area (Å²) in [4.78, 5) is 28.2. The van der Waals surface area contributed by atoms with Crippen LogP contribution in [0.2, 0.25) is 0 Å². The number of rotatable bonds is 5. The minimum atomic E-state index is -0.232. The largest absolute Gasteiger partial charge is 0.339 e. The highest BCUT2D eigenvalue weighted by atomic mass is 16.2. The summed E-state index contributed by atoms with van der Waals surface area (Å²) in [6.07, 6.45) is 4.82. The predicted octanol–water partition coefficient (Wildman–Crippen LogP) is 3.47. The number of urea groups is 1. The molecule has 1 aliphatic rings. The first-order valence-electron chi connectivity index (χ1n) is 8.98. The van der Waals surface area contributed by atoms with Gasteiger partial charge in [-0.25, -0.2) is 4.79 Å². The summed E-state index contributed by atoms with van der Waals surface area (Å²) in [6.45, 7) is 4.46. The van der Waals surface area contributed by atoms with Crippen molar-refractivity contribution in [3.05, 3.63) is 29.8 Å². The van der Waals surface area contributed by atoms with Crippen LogP contribution >= 0.6 is 0 Å². The molecule has 0 aromatic heterocycles. The van der Waals surface area contributed by atoms with Gasteiger partial charge in [0.2, 0.25) is 0 Å². The van der Waals surface area contributed by atoms with Gasteiger partial charge in [0.15, 0.2) is 0 Å².